The number of nitrogens with zero attached hydrogens (tertiary/aromatic N) is 3. The number of hydrogen-bond donors (Lipinski definition) is 1. The first kappa shape index (κ1) is 15.2. The van der Waals surface area contributed by atoms with E-state index in [2.05, 4.69) is 10.0 Å². The molecule has 0 radical (unpaired) electrons. The molecule has 6 atom stereocenters. The van der Waals surface area contributed by atoms with Crippen molar-refractivity contribution < 1.29 is 24.1 Å². The normalized spacial score (nSPS) is 37.9. The molecule has 3 rings (SSSR count). The third-order valence-corrected chi connectivity index (χ3v) is 3.82. The van der Waals surface area contributed by atoms with Crippen molar-refractivity contribution in [3.05, 3.63) is 46.3 Å². The highest BCUT2D eigenvalue weighted by molar-refractivity contribution is 5.16. The molecule has 0 spiro atoms. The van der Waals surface area contributed by atoms with Crippen molar-refractivity contribution in [2.24, 2.45) is 5.11 Å². The molecule has 22 heavy (non-hydrogen) atoms. The van der Waals surface area contributed by atoms with Crippen LogP contribution in [0.2, 0.25) is 0 Å². The van der Waals surface area contributed by atoms with Gasteiger partial charge in [0.05, 0.1) is 12.6 Å². The Hall–Kier alpha value is -1.67. The number of azide groups is 1. The molecule has 2 heterocycles. The number of fused-ring (bicyclic) bond motifs is 1. The van der Waals surface area contributed by atoms with Gasteiger partial charge in [-0.05, 0) is 5.53 Å². The maximum Gasteiger partial charge on any atom is 0.184 e. The molecule has 0 aromatic heterocycles. The van der Waals surface area contributed by atoms with Crippen LogP contribution in [0, 0.1) is 0 Å². The molecular formula is C14H17N3O5. The van der Waals surface area contributed by atoms with Gasteiger partial charge in [-0.15, -0.1) is 0 Å². The molecule has 1 aromatic rings. The maximum atomic E-state index is 10.2. The van der Waals surface area contributed by atoms with E-state index in [-0.39, 0.29) is 6.61 Å². The number of aliphatic hydroxyl groups is 1. The second-order valence-corrected chi connectivity index (χ2v) is 5.14. The second-order valence-electron chi connectivity index (χ2n) is 5.14. The molecule has 2 saturated heterocycles. The van der Waals surface area contributed by atoms with E-state index >= 15 is 0 Å². The zero-order chi connectivity index (χ0) is 15.5. The fraction of sp³-hybridized carbons (Fsp3) is 0.571. The molecule has 118 valence electrons. The Morgan fingerprint density at radius 2 is 2.09 bits per heavy atom. The van der Waals surface area contributed by atoms with E-state index in [0.717, 1.165) is 5.56 Å². The van der Waals surface area contributed by atoms with Gasteiger partial charge >= 0.3 is 0 Å². The Labute approximate surface area is 127 Å². The van der Waals surface area contributed by atoms with E-state index in [9.17, 15) is 5.11 Å². The standard InChI is InChI=1S/C14H17N3O5/c1-19-14-11(18)10(16-17-15)12-9(21-14)7-20-13(22-12)8-5-3-2-4-6-8/h2-6,9-14,18H,7H2,1H3/t9-,10-,11-,12+,13+,14-/m1/s1. The summed E-state index contributed by atoms with van der Waals surface area (Å²) in [5.41, 5.74) is 9.60. The highest BCUT2D eigenvalue weighted by Crippen LogP contribution is 2.35. The molecule has 0 aliphatic carbocycles. The Bertz CT molecular complexity index is 551. The van der Waals surface area contributed by atoms with Gasteiger partial charge in [-0.25, -0.2) is 0 Å². The molecule has 1 aromatic carbocycles. The number of ether oxygens (including phenoxy) is 4. The summed E-state index contributed by atoms with van der Waals surface area (Å²) in [6, 6.07) is 8.62. The lowest BCUT2D eigenvalue weighted by Crippen LogP contribution is -2.61. The highest BCUT2D eigenvalue weighted by Gasteiger charge is 2.49. The highest BCUT2D eigenvalue weighted by atomic mass is 16.7. The van der Waals surface area contributed by atoms with Crippen molar-refractivity contribution in [2.75, 3.05) is 13.7 Å². The lowest BCUT2D eigenvalue weighted by atomic mass is 9.96. The second kappa shape index (κ2) is 6.62. The summed E-state index contributed by atoms with van der Waals surface area (Å²) >= 11 is 0. The molecule has 0 bridgehead atoms. The third-order valence-electron chi connectivity index (χ3n) is 3.82. The van der Waals surface area contributed by atoms with Crippen molar-refractivity contribution in [1.82, 2.24) is 0 Å². The summed E-state index contributed by atoms with van der Waals surface area (Å²) in [5.74, 6) is 0. The van der Waals surface area contributed by atoms with Crippen LogP contribution < -0.4 is 0 Å². The summed E-state index contributed by atoms with van der Waals surface area (Å²) in [5, 5.41) is 13.9. The van der Waals surface area contributed by atoms with Gasteiger partial charge in [-0.3, -0.25) is 0 Å². The van der Waals surface area contributed by atoms with Crippen LogP contribution in [-0.2, 0) is 18.9 Å². The van der Waals surface area contributed by atoms with Gasteiger partial charge in [0.2, 0.25) is 0 Å². The van der Waals surface area contributed by atoms with E-state index in [0.29, 0.717) is 0 Å². The molecule has 8 heteroatoms. The monoisotopic (exact) mass is 307 g/mol. The molecule has 0 unspecified atom stereocenters. The maximum absolute atomic E-state index is 10.2. The van der Waals surface area contributed by atoms with Gasteiger partial charge in [-0.2, -0.15) is 0 Å². The molecule has 2 aliphatic rings. The fourth-order valence-corrected chi connectivity index (χ4v) is 2.75. The van der Waals surface area contributed by atoms with E-state index in [1.165, 1.54) is 7.11 Å². The van der Waals surface area contributed by atoms with E-state index in [1.807, 2.05) is 30.3 Å². The summed E-state index contributed by atoms with van der Waals surface area (Å²) < 4.78 is 22.2. The summed E-state index contributed by atoms with van der Waals surface area (Å²) in [4.78, 5) is 2.80. The Kier molecular flexibility index (Phi) is 4.58. The van der Waals surface area contributed by atoms with Crippen molar-refractivity contribution in [3.63, 3.8) is 0 Å². The number of methoxy groups -OCH3 is 1. The molecule has 0 amide bonds. The van der Waals surface area contributed by atoms with Gasteiger partial charge < -0.3 is 24.1 Å². The van der Waals surface area contributed by atoms with Crippen molar-refractivity contribution in [3.8, 4) is 0 Å². The van der Waals surface area contributed by atoms with Crippen LogP contribution in [0.25, 0.3) is 10.4 Å². The van der Waals surface area contributed by atoms with Crippen LogP contribution in [0.15, 0.2) is 35.4 Å². The molecular weight excluding hydrogens is 290 g/mol. The quantitative estimate of drug-likeness (QED) is 0.517. The number of rotatable bonds is 3. The smallest absolute Gasteiger partial charge is 0.184 e. The number of aliphatic hydroxyl groups excluding tert-OH is 1. The molecule has 2 aliphatic heterocycles. The van der Waals surface area contributed by atoms with Crippen molar-refractivity contribution >= 4 is 0 Å². The third kappa shape index (κ3) is 2.80. The topological polar surface area (TPSA) is 106 Å². The van der Waals surface area contributed by atoms with Crippen LogP contribution >= 0.6 is 0 Å². The lowest BCUT2D eigenvalue weighted by Gasteiger charge is -2.46. The van der Waals surface area contributed by atoms with E-state index in [4.69, 9.17) is 24.5 Å². The van der Waals surface area contributed by atoms with Crippen LogP contribution in [0.5, 0.6) is 0 Å². The van der Waals surface area contributed by atoms with Crippen LogP contribution in [0.3, 0.4) is 0 Å². The Morgan fingerprint density at radius 1 is 1.32 bits per heavy atom. The minimum atomic E-state index is -1.10. The van der Waals surface area contributed by atoms with Gasteiger partial charge in [0, 0.05) is 17.6 Å². The zero-order valence-electron chi connectivity index (χ0n) is 12.0. The van der Waals surface area contributed by atoms with Crippen LogP contribution in [0.4, 0.5) is 0 Å². The Morgan fingerprint density at radius 3 is 2.77 bits per heavy atom. The minimum absolute atomic E-state index is 0.258. The largest absolute Gasteiger partial charge is 0.387 e. The average molecular weight is 307 g/mol. The summed E-state index contributed by atoms with van der Waals surface area (Å²) in [6.07, 6.45) is -3.64. The molecule has 1 N–H and O–H groups in total. The van der Waals surface area contributed by atoms with Crippen LogP contribution in [0.1, 0.15) is 11.9 Å². The van der Waals surface area contributed by atoms with Crippen molar-refractivity contribution in [1.29, 1.82) is 0 Å². The van der Waals surface area contributed by atoms with Gasteiger partial charge in [0.25, 0.3) is 0 Å². The van der Waals surface area contributed by atoms with E-state index in [1.54, 1.807) is 0 Å². The van der Waals surface area contributed by atoms with Gasteiger partial charge in [-0.1, -0.05) is 35.4 Å². The SMILES string of the molecule is CO[C@@H]1O[C@@H]2CO[C@H](c3ccccc3)O[C@@H]2[C@H](N=[N+]=[N-])[C@H]1O. The predicted octanol–water partition coefficient (Wildman–Crippen LogP) is 1.51. The molecule has 8 nitrogen and oxygen atoms in total. The first-order valence-electron chi connectivity index (χ1n) is 6.97. The molecule has 0 saturated carbocycles. The first-order valence-corrected chi connectivity index (χ1v) is 6.97. The van der Waals surface area contributed by atoms with Gasteiger partial charge in [0.15, 0.2) is 12.6 Å². The average Bonchev–Trinajstić information content (AvgIpc) is 2.57. The zero-order valence-corrected chi connectivity index (χ0v) is 12.0. The number of benzene rings is 1. The number of hydrogen-bond acceptors (Lipinski definition) is 6. The first-order chi connectivity index (χ1) is 10.7. The van der Waals surface area contributed by atoms with Crippen LogP contribution in [-0.4, -0.2) is 49.5 Å². The Balaban J connectivity index is 1.82. The summed E-state index contributed by atoms with van der Waals surface area (Å²) in [7, 11) is 1.42. The molecule has 2 fully saturated rings. The minimum Gasteiger partial charge on any atom is -0.387 e. The lowest BCUT2D eigenvalue weighted by molar-refractivity contribution is -0.337. The van der Waals surface area contributed by atoms with Gasteiger partial charge in [0.1, 0.15) is 18.3 Å². The fourth-order valence-electron chi connectivity index (χ4n) is 2.75. The summed E-state index contributed by atoms with van der Waals surface area (Å²) in [6.45, 7) is 0.258. The predicted molar refractivity (Wildman–Crippen MR) is 74.6 cm³/mol. The van der Waals surface area contributed by atoms with E-state index < -0.39 is 36.9 Å². The van der Waals surface area contributed by atoms with Crippen molar-refractivity contribution in [2.45, 2.75) is 36.9 Å².